The summed E-state index contributed by atoms with van der Waals surface area (Å²) < 4.78 is 5.55. The minimum atomic E-state index is -0.280. The van der Waals surface area contributed by atoms with Crippen molar-refractivity contribution in [3.63, 3.8) is 0 Å². The van der Waals surface area contributed by atoms with Crippen LogP contribution in [0.25, 0.3) is 22.3 Å². The molecule has 138 valence electrons. The summed E-state index contributed by atoms with van der Waals surface area (Å²) >= 11 is 6.03. The summed E-state index contributed by atoms with van der Waals surface area (Å²) in [6.07, 6.45) is 1.75. The molecule has 0 aliphatic rings. The second-order valence-corrected chi connectivity index (χ2v) is 6.49. The second-order valence-electron chi connectivity index (χ2n) is 6.09. The van der Waals surface area contributed by atoms with Gasteiger partial charge in [-0.1, -0.05) is 35.9 Å². The van der Waals surface area contributed by atoms with E-state index in [4.69, 9.17) is 16.3 Å². The lowest BCUT2D eigenvalue weighted by Gasteiger charge is -2.09. The second kappa shape index (κ2) is 8.06. The summed E-state index contributed by atoms with van der Waals surface area (Å²) in [5, 5.41) is 3.20. The minimum Gasteiger partial charge on any atom is -0.484 e. The highest BCUT2D eigenvalue weighted by molar-refractivity contribution is 6.33. The summed E-state index contributed by atoms with van der Waals surface area (Å²) in [6, 6.07) is 22.2. The SMILES string of the molecule is O=C(COc1ccc(-c2cnc3ccccc3n2)cc1)Nc1ccccc1Cl. The van der Waals surface area contributed by atoms with Gasteiger partial charge in [-0.15, -0.1) is 0 Å². The first-order valence-corrected chi connectivity index (χ1v) is 9.06. The molecule has 0 spiro atoms. The van der Waals surface area contributed by atoms with Crippen LogP contribution in [0.4, 0.5) is 5.69 Å². The van der Waals surface area contributed by atoms with Crippen molar-refractivity contribution in [1.82, 2.24) is 9.97 Å². The maximum Gasteiger partial charge on any atom is 0.262 e. The molecule has 0 atom stereocenters. The predicted octanol–water partition coefficient (Wildman–Crippen LogP) is 4.97. The van der Waals surface area contributed by atoms with Gasteiger partial charge in [0.2, 0.25) is 0 Å². The molecular weight excluding hydrogens is 374 g/mol. The third-order valence-electron chi connectivity index (χ3n) is 4.12. The van der Waals surface area contributed by atoms with E-state index in [1.807, 2.05) is 36.4 Å². The zero-order valence-electron chi connectivity index (χ0n) is 14.8. The maximum atomic E-state index is 12.0. The van der Waals surface area contributed by atoms with Gasteiger partial charge in [-0.25, -0.2) is 4.98 Å². The summed E-state index contributed by atoms with van der Waals surface area (Å²) in [7, 11) is 0. The minimum absolute atomic E-state index is 0.111. The summed E-state index contributed by atoms with van der Waals surface area (Å²) in [5.74, 6) is 0.310. The number of para-hydroxylation sites is 3. The van der Waals surface area contributed by atoms with Gasteiger partial charge >= 0.3 is 0 Å². The fourth-order valence-corrected chi connectivity index (χ4v) is 2.90. The first-order valence-electron chi connectivity index (χ1n) is 8.68. The lowest BCUT2D eigenvalue weighted by Crippen LogP contribution is -2.20. The van der Waals surface area contributed by atoms with Gasteiger partial charge in [0.1, 0.15) is 5.75 Å². The first-order chi connectivity index (χ1) is 13.7. The van der Waals surface area contributed by atoms with Crippen LogP contribution in [0.15, 0.2) is 79.0 Å². The van der Waals surface area contributed by atoms with E-state index in [-0.39, 0.29) is 12.5 Å². The molecule has 6 heteroatoms. The Morgan fingerprint density at radius 2 is 1.64 bits per heavy atom. The lowest BCUT2D eigenvalue weighted by molar-refractivity contribution is -0.118. The van der Waals surface area contributed by atoms with Gasteiger partial charge in [0, 0.05) is 5.56 Å². The number of benzene rings is 3. The van der Waals surface area contributed by atoms with Crippen molar-refractivity contribution in [3.8, 4) is 17.0 Å². The van der Waals surface area contributed by atoms with Gasteiger partial charge in [0.15, 0.2) is 6.61 Å². The van der Waals surface area contributed by atoms with Gasteiger partial charge in [-0.05, 0) is 48.5 Å². The van der Waals surface area contributed by atoms with Gasteiger partial charge in [0.05, 0.1) is 33.6 Å². The number of anilines is 1. The van der Waals surface area contributed by atoms with Crippen LogP contribution in [0.2, 0.25) is 5.02 Å². The Morgan fingerprint density at radius 3 is 2.43 bits per heavy atom. The van der Waals surface area contributed by atoms with E-state index in [1.165, 1.54) is 0 Å². The fourth-order valence-electron chi connectivity index (χ4n) is 2.72. The number of fused-ring (bicyclic) bond motifs is 1. The molecular formula is C22H16ClN3O2. The zero-order valence-corrected chi connectivity index (χ0v) is 15.6. The predicted molar refractivity (Wildman–Crippen MR) is 111 cm³/mol. The Balaban J connectivity index is 1.40. The number of carbonyl (C=O) groups excluding carboxylic acids is 1. The summed E-state index contributed by atoms with van der Waals surface area (Å²) in [4.78, 5) is 21.1. The zero-order chi connectivity index (χ0) is 19.3. The molecule has 0 aliphatic heterocycles. The van der Waals surface area contributed by atoms with Crippen molar-refractivity contribution in [1.29, 1.82) is 0 Å². The quantitative estimate of drug-likeness (QED) is 0.523. The van der Waals surface area contributed by atoms with E-state index in [0.717, 1.165) is 22.3 Å². The maximum absolute atomic E-state index is 12.0. The molecule has 0 unspecified atom stereocenters. The fraction of sp³-hybridized carbons (Fsp3) is 0.0455. The third kappa shape index (κ3) is 4.10. The first kappa shape index (κ1) is 17.9. The topological polar surface area (TPSA) is 64.1 Å². The Kier molecular flexibility index (Phi) is 5.17. The summed E-state index contributed by atoms with van der Waals surface area (Å²) in [6.45, 7) is -0.111. The molecule has 4 aromatic rings. The van der Waals surface area contributed by atoms with Crippen molar-refractivity contribution < 1.29 is 9.53 Å². The van der Waals surface area contributed by atoms with Crippen molar-refractivity contribution in [2.45, 2.75) is 0 Å². The number of nitrogens with zero attached hydrogens (tertiary/aromatic N) is 2. The normalized spacial score (nSPS) is 10.6. The van der Waals surface area contributed by atoms with E-state index >= 15 is 0 Å². The highest BCUT2D eigenvalue weighted by Crippen LogP contribution is 2.23. The molecule has 0 fully saturated rings. The molecule has 28 heavy (non-hydrogen) atoms. The monoisotopic (exact) mass is 389 g/mol. The largest absolute Gasteiger partial charge is 0.484 e. The molecule has 0 aliphatic carbocycles. The van der Waals surface area contributed by atoms with E-state index < -0.39 is 0 Å². The number of nitrogens with one attached hydrogen (secondary N) is 1. The highest BCUT2D eigenvalue weighted by Gasteiger charge is 2.07. The van der Waals surface area contributed by atoms with Crippen LogP contribution in [0.5, 0.6) is 5.75 Å². The Morgan fingerprint density at radius 1 is 0.929 bits per heavy atom. The smallest absolute Gasteiger partial charge is 0.262 e. The van der Waals surface area contributed by atoms with Gasteiger partial charge in [0.25, 0.3) is 5.91 Å². The van der Waals surface area contributed by atoms with Gasteiger partial charge in [-0.2, -0.15) is 0 Å². The van der Waals surface area contributed by atoms with Crippen LogP contribution in [0, 0.1) is 0 Å². The number of ether oxygens (including phenoxy) is 1. The molecule has 0 radical (unpaired) electrons. The molecule has 4 rings (SSSR count). The molecule has 0 bridgehead atoms. The molecule has 0 saturated carbocycles. The van der Waals surface area contributed by atoms with Crippen LogP contribution >= 0.6 is 11.6 Å². The number of hydrogen-bond acceptors (Lipinski definition) is 4. The number of amides is 1. The van der Waals surface area contributed by atoms with E-state index in [2.05, 4.69) is 15.3 Å². The third-order valence-corrected chi connectivity index (χ3v) is 4.45. The van der Waals surface area contributed by atoms with Crippen LogP contribution in [-0.4, -0.2) is 22.5 Å². The Labute approximate surface area is 167 Å². The van der Waals surface area contributed by atoms with E-state index in [9.17, 15) is 4.79 Å². The molecule has 1 N–H and O–H groups in total. The van der Waals surface area contributed by atoms with Crippen molar-refractivity contribution in [3.05, 3.63) is 84.0 Å². The molecule has 3 aromatic carbocycles. The number of halogens is 1. The van der Waals surface area contributed by atoms with E-state index in [1.54, 1.807) is 42.6 Å². The van der Waals surface area contributed by atoms with Crippen LogP contribution in [0.3, 0.4) is 0 Å². The molecule has 0 saturated heterocycles. The number of rotatable bonds is 5. The van der Waals surface area contributed by atoms with Crippen molar-refractivity contribution in [2.75, 3.05) is 11.9 Å². The molecule has 1 heterocycles. The Bertz CT molecular complexity index is 1130. The van der Waals surface area contributed by atoms with Crippen LogP contribution < -0.4 is 10.1 Å². The highest BCUT2D eigenvalue weighted by atomic mass is 35.5. The van der Waals surface area contributed by atoms with Gasteiger partial charge in [-0.3, -0.25) is 9.78 Å². The van der Waals surface area contributed by atoms with E-state index in [0.29, 0.717) is 16.5 Å². The van der Waals surface area contributed by atoms with Crippen molar-refractivity contribution in [2.24, 2.45) is 0 Å². The number of carbonyl (C=O) groups is 1. The van der Waals surface area contributed by atoms with Crippen LogP contribution in [0.1, 0.15) is 0 Å². The Hall–Kier alpha value is -3.44. The molecule has 1 aromatic heterocycles. The molecule has 5 nitrogen and oxygen atoms in total. The van der Waals surface area contributed by atoms with Crippen LogP contribution in [-0.2, 0) is 4.79 Å². The number of aromatic nitrogens is 2. The summed E-state index contributed by atoms with van der Waals surface area (Å²) in [5.41, 5.74) is 3.96. The van der Waals surface area contributed by atoms with Gasteiger partial charge < -0.3 is 10.1 Å². The van der Waals surface area contributed by atoms with Crippen molar-refractivity contribution >= 4 is 34.2 Å². The average Bonchev–Trinajstić information content (AvgIpc) is 2.74. The lowest BCUT2D eigenvalue weighted by atomic mass is 10.1. The molecule has 1 amide bonds. The number of hydrogen-bond donors (Lipinski definition) is 1. The average molecular weight is 390 g/mol. The standard InChI is InChI=1S/C22H16ClN3O2/c23-17-5-1-2-6-18(17)26-22(27)14-28-16-11-9-15(10-12-16)21-13-24-19-7-3-4-8-20(19)25-21/h1-13H,14H2,(H,26,27).